The van der Waals surface area contributed by atoms with Crippen molar-refractivity contribution < 1.29 is 19.2 Å². The minimum absolute atomic E-state index is 0.126. The molecule has 0 spiro atoms. The maximum absolute atomic E-state index is 12.5. The van der Waals surface area contributed by atoms with Crippen molar-refractivity contribution in [1.29, 1.82) is 0 Å². The Morgan fingerprint density at radius 3 is 1.52 bits per heavy atom. The molecular weight excluding hydrogens is 320 g/mol. The highest BCUT2D eigenvalue weighted by Gasteiger charge is 2.46. The van der Waals surface area contributed by atoms with Gasteiger partial charge < -0.3 is 0 Å². The fraction of sp³-hybridized carbons (Fsp3) is 0.105. The Bertz CT molecular complexity index is 874. The molecule has 1 radical (unpaired) electrons. The summed E-state index contributed by atoms with van der Waals surface area (Å²) in [6.07, 6.45) is -0.721. The van der Waals surface area contributed by atoms with Gasteiger partial charge in [0.1, 0.15) is 6.17 Å². The molecule has 25 heavy (non-hydrogen) atoms. The standard InChI is InChI=1S/C19H13N2O4/c1-2-15(20-13-9-5-3-7-11(13)16(22)18(20)24)21-14-10-6-4-8-12(14)17(23)19(21)25/h3-10,15H,1-2H2. The van der Waals surface area contributed by atoms with Gasteiger partial charge in [-0.1, -0.05) is 24.3 Å². The summed E-state index contributed by atoms with van der Waals surface area (Å²) >= 11 is 0. The SMILES string of the molecule is [CH2]CC(N1C(=O)C(=O)c2ccccc21)N1C(=O)C(=O)c2ccccc21. The highest BCUT2D eigenvalue weighted by molar-refractivity contribution is 6.54. The average Bonchev–Trinajstić information content (AvgIpc) is 3.04. The van der Waals surface area contributed by atoms with E-state index in [1.54, 1.807) is 48.5 Å². The number of Topliss-reactive ketones (excluding diaryl/α,β-unsaturated/α-hetero) is 2. The molecule has 0 saturated heterocycles. The Balaban J connectivity index is 1.85. The summed E-state index contributed by atoms with van der Waals surface area (Å²) in [6, 6.07) is 13.2. The van der Waals surface area contributed by atoms with Crippen LogP contribution in [0.4, 0.5) is 11.4 Å². The zero-order valence-electron chi connectivity index (χ0n) is 13.1. The van der Waals surface area contributed by atoms with Crippen LogP contribution < -0.4 is 9.80 Å². The Hall–Kier alpha value is -3.28. The molecule has 0 fully saturated rings. The average molecular weight is 333 g/mol. The number of hydrogen-bond acceptors (Lipinski definition) is 4. The number of para-hydroxylation sites is 2. The van der Waals surface area contributed by atoms with E-state index in [1.807, 2.05) is 0 Å². The molecule has 2 aromatic rings. The van der Waals surface area contributed by atoms with E-state index < -0.39 is 29.5 Å². The smallest absolute Gasteiger partial charge is 0.283 e. The van der Waals surface area contributed by atoms with Crippen molar-refractivity contribution in [2.24, 2.45) is 0 Å². The molecule has 2 aliphatic heterocycles. The second-order valence-electron chi connectivity index (χ2n) is 5.81. The van der Waals surface area contributed by atoms with Gasteiger partial charge in [0.2, 0.25) is 0 Å². The number of fused-ring (bicyclic) bond motifs is 2. The number of benzene rings is 2. The van der Waals surface area contributed by atoms with Crippen LogP contribution in [0.2, 0.25) is 0 Å². The Labute approximate surface area is 143 Å². The summed E-state index contributed by atoms with van der Waals surface area (Å²) < 4.78 is 0. The maximum Gasteiger partial charge on any atom is 0.301 e. The van der Waals surface area contributed by atoms with Gasteiger partial charge in [-0.3, -0.25) is 29.0 Å². The molecule has 2 aliphatic rings. The zero-order valence-corrected chi connectivity index (χ0v) is 13.1. The van der Waals surface area contributed by atoms with Crippen molar-refractivity contribution in [2.75, 3.05) is 9.80 Å². The number of anilines is 2. The summed E-state index contributed by atoms with van der Waals surface area (Å²) in [5.41, 5.74) is 1.43. The van der Waals surface area contributed by atoms with Crippen molar-refractivity contribution >= 4 is 34.8 Å². The van der Waals surface area contributed by atoms with Crippen molar-refractivity contribution in [2.45, 2.75) is 12.6 Å². The molecule has 2 aromatic carbocycles. The van der Waals surface area contributed by atoms with Crippen molar-refractivity contribution in [1.82, 2.24) is 0 Å². The molecule has 123 valence electrons. The summed E-state index contributed by atoms with van der Waals surface area (Å²) in [6.45, 7) is 3.83. The van der Waals surface area contributed by atoms with Crippen LogP contribution in [0.5, 0.6) is 0 Å². The van der Waals surface area contributed by atoms with Crippen molar-refractivity contribution in [3.8, 4) is 0 Å². The first kappa shape index (κ1) is 15.3. The fourth-order valence-corrected chi connectivity index (χ4v) is 3.38. The predicted molar refractivity (Wildman–Crippen MR) is 90.3 cm³/mol. The number of rotatable bonds is 3. The van der Waals surface area contributed by atoms with Crippen LogP contribution in [0.15, 0.2) is 48.5 Å². The van der Waals surface area contributed by atoms with Crippen LogP contribution in [0.3, 0.4) is 0 Å². The van der Waals surface area contributed by atoms with E-state index in [4.69, 9.17) is 0 Å². The normalized spacial score (nSPS) is 16.1. The minimum Gasteiger partial charge on any atom is -0.283 e. The van der Waals surface area contributed by atoms with Gasteiger partial charge in [-0.05, 0) is 37.6 Å². The molecule has 0 aromatic heterocycles. The number of nitrogens with zero attached hydrogens (tertiary/aromatic N) is 2. The van der Waals surface area contributed by atoms with Gasteiger partial charge in [-0.2, -0.15) is 0 Å². The molecule has 0 N–H and O–H groups in total. The topological polar surface area (TPSA) is 74.8 Å². The fourth-order valence-electron chi connectivity index (χ4n) is 3.38. The maximum atomic E-state index is 12.5. The third-order valence-corrected chi connectivity index (χ3v) is 4.50. The molecule has 0 atom stereocenters. The lowest BCUT2D eigenvalue weighted by Gasteiger charge is -2.34. The third-order valence-electron chi connectivity index (χ3n) is 4.50. The molecule has 2 heterocycles. The van der Waals surface area contributed by atoms with E-state index in [2.05, 4.69) is 6.92 Å². The first-order valence-corrected chi connectivity index (χ1v) is 7.79. The summed E-state index contributed by atoms with van der Waals surface area (Å²) in [4.78, 5) is 52.1. The summed E-state index contributed by atoms with van der Waals surface area (Å²) in [7, 11) is 0. The summed E-state index contributed by atoms with van der Waals surface area (Å²) in [5, 5.41) is 0. The Morgan fingerprint density at radius 2 is 1.12 bits per heavy atom. The van der Waals surface area contributed by atoms with Crippen LogP contribution in [0.25, 0.3) is 0 Å². The quantitative estimate of drug-likeness (QED) is 0.805. The van der Waals surface area contributed by atoms with Gasteiger partial charge in [0.05, 0.1) is 22.5 Å². The summed E-state index contributed by atoms with van der Waals surface area (Å²) in [5.74, 6) is -2.69. The van der Waals surface area contributed by atoms with E-state index in [0.29, 0.717) is 11.4 Å². The number of carbonyl (C=O) groups is 4. The van der Waals surface area contributed by atoms with Crippen LogP contribution in [0, 0.1) is 6.92 Å². The van der Waals surface area contributed by atoms with Crippen LogP contribution in [-0.4, -0.2) is 29.5 Å². The second kappa shape index (κ2) is 5.37. The van der Waals surface area contributed by atoms with Gasteiger partial charge >= 0.3 is 11.8 Å². The lowest BCUT2D eigenvalue weighted by atomic mass is 10.1. The molecule has 2 amide bonds. The van der Waals surface area contributed by atoms with Crippen LogP contribution in [-0.2, 0) is 9.59 Å². The van der Waals surface area contributed by atoms with Crippen LogP contribution in [0.1, 0.15) is 27.1 Å². The van der Waals surface area contributed by atoms with E-state index in [0.717, 1.165) is 0 Å². The third kappa shape index (κ3) is 1.97. The highest BCUT2D eigenvalue weighted by atomic mass is 16.2. The van der Waals surface area contributed by atoms with E-state index in [-0.39, 0.29) is 17.5 Å². The second-order valence-corrected chi connectivity index (χ2v) is 5.81. The number of ketones is 2. The molecule has 0 saturated carbocycles. The molecule has 0 bridgehead atoms. The van der Waals surface area contributed by atoms with Gasteiger partial charge in [0.25, 0.3) is 11.6 Å². The molecular formula is C19H13N2O4. The number of hydrogen-bond donors (Lipinski definition) is 0. The zero-order chi connectivity index (χ0) is 17.7. The first-order valence-electron chi connectivity index (χ1n) is 7.79. The molecule has 0 unspecified atom stereocenters. The molecule has 6 nitrogen and oxygen atoms in total. The van der Waals surface area contributed by atoms with E-state index >= 15 is 0 Å². The molecule has 4 rings (SSSR count). The van der Waals surface area contributed by atoms with Crippen molar-refractivity contribution in [3.63, 3.8) is 0 Å². The first-order chi connectivity index (χ1) is 12.1. The Morgan fingerprint density at radius 1 is 0.720 bits per heavy atom. The van der Waals surface area contributed by atoms with Gasteiger partial charge in [-0.25, -0.2) is 0 Å². The molecule has 0 aliphatic carbocycles. The molecule has 6 heteroatoms. The van der Waals surface area contributed by atoms with Gasteiger partial charge in [-0.15, -0.1) is 0 Å². The number of amides is 2. The predicted octanol–water partition coefficient (Wildman–Crippen LogP) is 2.00. The Kier molecular flexibility index (Phi) is 3.28. The van der Waals surface area contributed by atoms with E-state index in [1.165, 1.54) is 9.80 Å². The lowest BCUT2D eigenvalue weighted by molar-refractivity contribution is -0.116. The van der Waals surface area contributed by atoms with Crippen LogP contribution >= 0.6 is 0 Å². The van der Waals surface area contributed by atoms with E-state index in [9.17, 15) is 19.2 Å². The number of carbonyl (C=O) groups excluding carboxylic acids is 4. The van der Waals surface area contributed by atoms with Gasteiger partial charge in [0.15, 0.2) is 0 Å². The van der Waals surface area contributed by atoms with Crippen molar-refractivity contribution in [3.05, 3.63) is 66.6 Å². The lowest BCUT2D eigenvalue weighted by Crippen LogP contribution is -2.52. The monoisotopic (exact) mass is 333 g/mol. The largest absolute Gasteiger partial charge is 0.301 e. The minimum atomic E-state index is -0.847. The highest BCUT2D eigenvalue weighted by Crippen LogP contribution is 2.37. The van der Waals surface area contributed by atoms with Gasteiger partial charge in [0, 0.05) is 0 Å².